The van der Waals surface area contributed by atoms with Crippen LogP contribution in [0.3, 0.4) is 0 Å². The molecule has 4 nitrogen and oxygen atoms in total. The molecule has 1 fully saturated rings. The fourth-order valence-corrected chi connectivity index (χ4v) is 3.13. The van der Waals surface area contributed by atoms with Crippen LogP contribution in [0.4, 0.5) is 0 Å². The van der Waals surface area contributed by atoms with Gasteiger partial charge in [-0.05, 0) is 18.6 Å². The Morgan fingerprint density at radius 1 is 1.45 bits per heavy atom. The minimum Gasteiger partial charge on any atom is -0.381 e. The van der Waals surface area contributed by atoms with E-state index < -0.39 is 0 Å². The molecule has 2 aromatic heterocycles. The normalized spacial score (nSPS) is 24.8. The quantitative estimate of drug-likeness (QED) is 0.942. The van der Waals surface area contributed by atoms with Crippen LogP contribution in [0.1, 0.15) is 26.0 Å². The van der Waals surface area contributed by atoms with Gasteiger partial charge in [-0.2, -0.15) is 0 Å². The van der Waals surface area contributed by atoms with Gasteiger partial charge in [0.2, 0.25) is 0 Å². The summed E-state index contributed by atoms with van der Waals surface area (Å²) in [5.41, 5.74) is 2.13. The average molecular weight is 294 g/mol. The van der Waals surface area contributed by atoms with Crippen LogP contribution in [0.15, 0.2) is 24.5 Å². The second-order valence-electron chi connectivity index (χ2n) is 6.06. The Kier molecular flexibility index (Phi) is 3.48. The minimum absolute atomic E-state index is 0.178. The van der Waals surface area contributed by atoms with Gasteiger partial charge in [0.25, 0.3) is 0 Å². The highest BCUT2D eigenvalue weighted by Gasteiger charge is 2.48. The molecule has 20 heavy (non-hydrogen) atoms. The minimum atomic E-state index is 0.178. The number of ether oxygens (including phenoxy) is 1. The highest BCUT2D eigenvalue weighted by atomic mass is 35.5. The molecule has 108 valence electrons. The van der Waals surface area contributed by atoms with Gasteiger partial charge in [0.05, 0.1) is 16.8 Å². The second kappa shape index (κ2) is 5.02. The molecule has 1 aliphatic rings. The van der Waals surface area contributed by atoms with E-state index >= 15 is 0 Å². The van der Waals surface area contributed by atoms with Crippen molar-refractivity contribution in [2.45, 2.75) is 39.0 Å². The Morgan fingerprint density at radius 3 is 2.95 bits per heavy atom. The maximum atomic E-state index is 5.98. The molecule has 3 rings (SSSR count). The summed E-state index contributed by atoms with van der Waals surface area (Å²) in [7, 11) is 1.79. The van der Waals surface area contributed by atoms with E-state index in [2.05, 4.69) is 24.1 Å². The Bertz CT molecular complexity index is 623. The standard InChI is InChI=1S/C15H20ClN3O/c1-15(2)12(6-13(15)20-3)17-7-11-9-19-8-10(16)4-5-14(19)18-11/h4-5,8-9,12-13,17H,6-7H2,1-3H3. The van der Waals surface area contributed by atoms with Gasteiger partial charge in [0, 0.05) is 37.5 Å². The van der Waals surface area contributed by atoms with Crippen LogP contribution in [0.25, 0.3) is 5.65 Å². The maximum Gasteiger partial charge on any atom is 0.137 e. The lowest BCUT2D eigenvalue weighted by atomic mass is 9.64. The van der Waals surface area contributed by atoms with Gasteiger partial charge in [0.15, 0.2) is 0 Å². The largest absolute Gasteiger partial charge is 0.381 e. The van der Waals surface area contributed by atoms with Crippen molar-refractivity contribution in [1.29, 1.82) is 0 Å². The lowest BCUT2D eigenvalue weighted by Crippen LogP contribution is -2.60. The van der Waals surface area contributed by atoms with Crippen molar-refractivity contribution in [3.8, 4) is 0 Å². The Balaban J connectivity index is 1.66. The zero-order valence-corrected chi connectivity index (χ0v) is 12.8. The van der Waals surface area contributed by atoms with Gasteiger partial charge in [-0.15, -0.1) is 0 Å². The number of nitrogens with zero attached hydrogens (tertiary/aromatic N) is 2. The van der Waals surface area contributed by atoms with E-state index in [0.717, 1.165) is 29.3 Å². The van der Waals surface area contributed by atoms with Gasteiger partial charge in [-0.25, -0.2) is 4.98 Å². The zero-order valence-electron chi connectivity index (χ0n) is 12.1. The molecule has 2 aromatic rings. The van der Waals surface area contributed by atoms with Gasteiger partial charge >= 0.3 is 0 Å². The Morgan fingerprint density at radius 2 is 2.25 bits per heavy atom. The molecule has 0 saturated heterocycles. The molecule has 0 bridgehead atoms. The SMILES string of the molecule is COC1CC(NCc2cn3cc(Cl)ccc3n2)C1(C)C. The number of imidazole rings is 1. The summed E-state index contributed by atoms with van der Waals surface area (Å²) in [5, 5.41) is 4.30. The van der Waals surface area contributed by atoms with E-state index in [4.69, 9.17) is 16.3 Å². The van der Waals surface area contributed by atoms with E-state index in [-0.39, 0.29) is 5.41 Å². The van der Waals surface area contributed by atoms with E-state index in [1.54, 1.807) is 7.11 Å². The summed E-state index contributed by atoms with van der Waals surface area (Å²) in [4.78, 5) is 4.58. The molecule has 1 aliphatic carbocycles. The number of methoxy groups -OCH3 is 1. The highest BCUT2D eigenvalue weighted by Crippen LogP contribution is 2.42. The fourth-order valence-electron chi connectivity index (χ4n) is 2.96. The molecular formula is C15H20ClN3O. The molecule has 0 aromatic carbocycles. The number of halogens is 1. The van der Waals surface area contributed by atoms with Crippen molar-refractivity contribution < 1.29 is 4.74 Å². The Hall–Kier alpha value is -1.10. The first-order valence-electron chi connectivity index (χ1n) is 6.90. The van der Waals surface area contributed by atoms with Crippen LogP contribution in [0.2, 0.25) is 5.02 Å². The molecule has 2 unspecified atom stereocenters. The molecule has 2 heterocycles. The zero-order chi connectivity index (χ0) is 14.3. The van der Waals surface area contributed by atoms with Crippen molar-refractivity contribution in [2.24, 2.45) is 5.41 Å². The van der Waals surface area contributed by atoms with Crippen LogP contribution in [-0.2, 0) is 11.3 Å². The molecule has 1 N–H and O–H groups in total. The van der Waals surface area contributed by atoms with Crippen molar-refractivity contribution in [3.63, 3.8) is 0 Å². The number of hydrogen-bond donors (Lipinski definition) is 1. The van der Waals surface area contributed by atoms with Crippen molar-refractivity contribution in [2.75, 3.05) is 7.11 Å². The third-order valence-electron chi connectivity index (χ3n) is 4.46. The van der Waals surface area contributed by atoms with Gasteiger partial charge < -0.3 is 14.5 Å². The summed E-state index contributed by atoms with van der Waals surface area (Å²) in [5.74, 6) is 0. The molecule has 0 aliphatic heterocycles. The van der Waals surface area contributed by atoms with Crippen LogP contribution < -0.4 is 5.32 Å². The first kappa shape index (κ1) is 13.9. The number of rotatable bonds is 4. The van der Waals surface area contributed by atoms with E-state index in [1.165, 1.54) is 0 Å². The van der Waals surface area contributed by atoms with Crippen molar-refractivity contribution in [1.82, 2.24) is 14.7 Å². The van der Waals surface area contributed by atoms with Crippen LogP contribution >= 0.6 is 11.6 Å². The van der Waals surface area contributed by atoms with Crippen molar-refractivity contribution in [3.05, 3.63) is 35.2 Å². The molecule has 0 amide bonds. The molecule has 2 atom stereocenters. The predicted molar refractivity (Wildman–Crippen MR) is 80.0 cm³/mol. The number of hydrogen-bond acceptors (Lipinski definition) is 3. The summed E-state index contributed by atoms with van der Waals surface area (Å²) < 4.78 is 7.43. The van der Waals surface area contributed by atoms with Crippen molar-refractivity contribution >= 4 is 17.2 Å². The van der Waals surface area contributed by atoms with Crippen LogP contribution in [0.5, 0.6) is 0 Å². The lowest BCUT2D eigenvalue weighted by Gasteiger charge is -2.51. The molecule has 1 saturated carbocycles. The Labute approximate surface area is 124 Å². The monoisotopic (exact) mass is 293 g/mol. The van der Waals surface area contributed by atoms with Gasteiger partial charge in [-0.3, -0.25) is 0 Å². The fraction of sp³-hybridized carbons (Fsp3) is 0.533. The molecule has 0 spiro atoms. The third-order valence-corrected chi connectivity index (χ3v) is 4.68. The summed E-state index contributed by atoms with van der Waals surface area (Å²) >= 11 is 5.98. The third kappa shape index (κ3) is 2.32. The van der Waals surface area contributed by atoms with Gasteiger partial charge in [0.1, 0.15) is 5.65 Å². The number of pyridine rings is 1. The van der Waals surface area contributed by atoms with Gasteiger partial charge in [-0.1, -0.05) is 25.4 Å². The lowest BCUT2D eigenvalue weighted by molar-refractivity contribution is -0.0979. The first-order chi connectivity index (χ1) is 9.50. The average Bonchev–Trinajstić information content (AvgIpc) is 2.79. The van der Waals surface area contributed by atoms with E-state index in [1.807, 2.05) is 28.9 Å². The van der Waals surface area contributed by atoms with Crippen LogP contribution in [0, 0.1) is 5.41 Å². The number of aromatic nitrogens is 2. The maximum absolute atomic E-state index is 5.98. The van der Waals surface area contributed by atoms with E-state index in [0.29, 0.717) is 12.1 Å². The first-order valence-corrected chi connectivity index (χ1v) is 7.28. The van der Waals surface area contributed by atoms with Crippen LogP contribution in [-0.4, -0.2) is 28.6 Å². The highest BCUT2D eigenvalue weighted by molar-refractivity contribution is 6.30. The summed E-state index contributed by atoms with van der Waals surface area (Å²) in [6.45, 7) is 5.25. The second-order valence-corrected chi connectivity index (χ2v) is 6.50. The predicted octanol–water partition coefficient (Wildman–Crippen LogP) is 2.89. The molecular weight excluding hydrogens is 274 g/mol. The van der Waals surface area contributed by atoms with E-state index in [9.17, 15) is 0 Å². The summed E-state index contributed by atoms with van der Waals surface area (Å²) in [6.07, 6.45) is 5.30. The molecule has 5 heteroatoms. The molecule has 0 radical (unpaired) electrons. The summed E-state index contributed by atoms with van der Waals surface area (Å²) in [6, 6.07) is 4.26. The smallest absolute Gasteiger partial charge is 0.137 e. The number of nitrogens with one attached hydrogen (secondary N) is 1. The number of fused-ring (bicyclic) bond motifs is 1. The topological polar surface area (TPSA) is 38.6 Å².